The predicted molar refractivity (Wildman–Crippen MR) is 192 cm³/mol. The van der Waals surface area contributed by atoms with E-state index >= 15 is 0 Å². The van der Waals surface area contributed by atoms with E-state index in [1.54, 1.807) is 30.6 Å². The first-order chi connectivity index (χ1) is 23.3. The van der Waals surface area contributed by atoms with Crippen molar-refractivity contribution in [3.63, 3.8) is 0 Å². The molecule has 0 saturated carbocycles. The number of hydrogen-bond donors (Lipinski definition) is 1. The van der Waals surface area contributed by atoms with Crippen molar-refractivity contribution in [2.45, 2.75) is 78.0 Å². The monoisotopic (exact) mass is 745 g/mol. The Balaban J connectivity index is 1.46. The van der Waals surface area contributed by atoms with Crippen molar-refractivity contribution in [3.8, 4) is 5.75 Å². The van der Waals surface area contributed by atoms with Gasteiger partial charge in [-0.25, -0.2) is 23.1 Å². The number of rotatable bonds is 9. The van der Waals surface area contributed by atoms with E-state index < -0.39 is 21.4 Å². The maximum Gasteiger partial charge on any atom is 0.247 e. The van der Waals surface area contributed by atoms with Gasteiger partial charge in [-0.3, -0.25) is 4.79 Å². The molecule has 6 rings (SSSR count). The lowest BCUT2D eigenvalue weighted by Gasteiger charge is -2.35. The first-order valence-corrected chi connectivity index (χ1v) is 18.5. The van der Waals surface area contributed by atoms with Gasteiger partial charge < -0.3 is 10.1 Å². The van der Waals surface area contributed by atoms with E-state index in [-0.39, 0.29) is 30.0 Å². The fourth-order valence-electron chi connectivity index (χ4n) is 6.56. The van der Waals surface area contributed by atoms with Crippen molar-refractivity contribution in [3.05, 3.63) is 99.5 Å². The van der Waals surface area contributed by atoms with Crippen LogP contribution in [0, 0.1) is 19.3 Å². The third kappa shape index (κ3) is 6.59. The smallest absolute Gasteiger partial charge is 0.247 e. The third-order valence-electron chi connectivity index (χ3n) is 9.45. The van der Waals surface area contributed by atoms with Gasteiger partial charge in [0.1, 0.15) is 28.6 Å². The number of hydrogen-bond acceptors (Lipinski definition) is 8. The summed E-state index contributed by atoms with van der Waals surface area (Å²) in [4.78, 5) is 22.4. The molecule has 13 heteroatoms. The Morgan fingerprint density at radius 2 is 1.84 bits per heavy atom. The second kappa shape index (κ2) is 13.6. The summed E-state index contributed by atoms with van der Waals surface area (Å²) in [6, 6.07) is 15.1. The van der Waals surface area contributed by atoms with E-state index in [0.717, 1.165) is 43.3 Å². The highest BCUT2D eigenvalue weighted by Gasteiger charge is 2.41. The summed E-state index contributed by atoms with van der Waals surface area (Å²) in [5.41, 5.74) is 5.69. The number of benzene rings is 3. The summed E-state index contributed by atoms with van der Waals surface area (Å²) in [6.45, 7) is 12.9. The van der Waals surface area contributed by atoms with Crippen LogP contribution in [0.3, 0.4) is 0 Å². The quantitative estimate of drug-likeness (QED) is 0.175. The number of anilines is 1. The Morgan fingerprint density at radius 1 is 1.08 bits per heavy atom. The van der Waals surface area contributed by atoms with E-state index in [1.165, 1.54) is 10.6 Å². The number of carbonyl (C=O) groups is 1. The first-order valence-electron chi connectivity index (χ1n) is 16.3. The fraction of sp³-hybridized carbons (Fsp3) is 0.361. The number of ether oxygens (including phenoxy) is 1. The Kier molecular flexibility index (Phi) is 9.62. The van der Waals surface area contributed by atoms with Gasteiger partial charge in [0.25, 0.3) is 0 Å². The molecule has 11 nitrogen and oxygen atoms in total. The number of aromatic nitrogens is 5. The van der Waals surface area contributed by atoms with Crippen LogP contribution in [0.2, 0.25) is 0 Å². The normalized spacial score (nSPS) is 16.8. The topological polar surface area (TPSA) is 132 Å². The Hall–Kier alpha value is -4.20. The highest BCUT2D eigenvalue weighted by atomic mass is 79.9. The number of aryl methyl sites for hydroxylation is 3. The number of sulfonamides is 1. The molecule has 2 aromatic heterocycles. The zero-order valence-electron chi connectivity index (χ0n) is 28.4. The van der Waals surface area contributed by atoms with Crippen LogP contribution in [-0.2, 0) is 27.9 Å². The molecule has 2 atom stereocenters. The van der Waals surface area contributed by atoms with Crippen molar-refractivity contribution in [2.75, 3.05) is 11.9 Å². The fourth-order valence-corrected chi connectivity index (χ4v) is 8.45. The zero-order valence-corrected chi connectivity index (χ0v) is 30.8. The van der Waals surface area contributed by atoms with Crippen molar-refractivity contribution in [1.82, 2.24) is 29.3 Å². The van der Waals surface area contributed by atoms with Gasteiger partial charge in [-0.05, 0) is 79.3 Å². The second-order valence-electron chi connectivity index (χ2n) is 13.0. The highest BCUT2D eigenvalue weighted by molar-refractivity contribution is 9.10. The van der Waals surface area contributed by atoms with Crippen molar-refractivity contribution >= 4 is 48.6 Å². The molecule has 0 fully saturated rings. The summed E-state index contributed by atoms with van der Waals surface area (Å²) in [5.74, 6) is -0.318. The van der Waals surface area contributed by atoms with E-state index in [0.29, 0.717) is 24.4 Å². The molecule has 1 N–H and O–H groups in total. The molecular formula is C36H40BrN7O4S. The first kappa shape index (κ1) is 34.7. The molecule has 0 saturated heterocycles. The van der Waals surface area contributed by atoms with Gasteiger partial charge in [0.2, 0.25) is 15.9 Å². The molecule has 1 amide bonds. The molecule has 256 valence electrons. The van der Waals surface area contributed by atoms with Crippen molar-refractivity contribution < 1.29 is 17.9 Å². The van der Waals surface area contributed by atoms with Crippen molar-refractivity contribution in [1.29, 1.82) is 0 Å². The van der Waals surface area contributed by atoms with Crippen molar-refractivity contribution in [2.24, 2.45) is 5.41 Å². The van der Waals surface area contributed by atoms with Gasteiger partial charge >= 0.3 is 0 Å². The molecule has 49 heavy (non-hydrogen) atoms. The standard InChI is InChI=1S/C36H40BrN7O4S/c1-7-28-20-43(49(46,47)32-14-11-26(37)16-31(32)48-28)19-25-15-24(10-9-22(25)3)33(36(5,6)35(45)40-27-17-38-21-39-18-27)29-12-13-30-34(23(29)4)41-42-44(30)8-2/h9-18,21,28,33H,7-8,19-20H2,1-6H3,(H,40,45)/t28-,33+/m1/s1. The largest absolute Gasteiger partial charge is 0.488 e. The molecule has 0 bridgehead atoms. The number of nitrogens with one attached hydrogen (secondary N) is 1. The predicted octanol–water partition coefficient (Wildman–Crippen LogP) is 6.78. The molecular weight excluding hydrogens is 706 g/mol. The van der Waals surface area contributed by atoms with Gasteiger partial charge in [0.15, 0.2) is 0 Å². The average molecular weight is 747 g/mol. The van der Waals surface area contributed by atoms with Crippen LogP contribution in [0.4, 0.5) is 5.69 Å². The van der Waals surface area contributed by atoms with Crippen LogP contribution in [0.5, 0.6) is 5.75 Å². The summed E-state index contributed by atoms with van der Waals surface area (Å²) >= 11 is 3.45. The lowest BCUT2D eigenvalue weighted by Crippen LogP contribution is -2.38. The van der Waals surface area contributed by atoms with Crippen LogP contribution < -0.4 is 10.1 Å². The van der Waals surface area contributed by atoms with Crippen LogP contribution >= 0.6 is 15.9 Å². The zero-order chi connectivity index (χ0) is 35.1. The van der Waals surface area contributed by atoms with E-state index in [2.05, 4.69) is 47.6 Å². The number of carbonyl (C=O) groups excluding carboxylic acids is 1. The maximum absolute atomic E-state index is 14.1. The molecule has 5 aromatic rings. The third-order valence-corrected chi connectivity index (χ3v) is 11.8. The van der Waals surface area contributed by atoms with Gasteiger partial charge in [-0.2, -0.15) is 4.31 Å². The highest BCUT2D eigenvalue weighted by Crippen LogP contribution is 2.45. The summed E-state index contributed by atoms with van der Waals surface area (Å²) in [7, 11) is -3.89. The molecule has 0 radical (unpaired) electrons. The van der Waals surface area contributed by atoms with Crippen LogP contribution in [0.1, 0.15) is 67.9 Å². The minimum absolute atomic E-state index is 0.140. The van der Waals surface area contributed by atoms with Gasteiger partial charge in [-0.1, -0.05) is 66.2 Å². The summed E-state index contributed by atoms with van der Waals surface area (Å²) < 4.78 is 38.6. The van der Waals surface area contributed by atoms with E-state index in [4.69, 9.17) is 4.74 Å². The number of fused-ring (bicyclic) bond motifs is 2. The molecule has 3 aromatic carbocycles. The minimum atomic E-state index is -3.89. The molecule has 3 heterocycles. The van der Waals surface area contributed by atoms with Crippen LogP contribution in [0.15, 0.2) is 76.6 Å². The SMILES string of the molecule is CC[C@@H]1CN(Cc2cc([C@@H](c3ccc4c(nnn4CC)c3C)C(C)(C)C(=O)Nc3cncnc3)ccc2C)S(=O)(=O)c2ccc(Br)cc2O1. The Labute approximate surface area is 295 Å². The summed E-state index contributed by atoms with van der Waals surface area (Å²) in [6.07, 6.45) is 4.85. The molecule has 0 unspecified atom stereocenters. The minimum Gasteiger partial charge on any atom is -0.488 e. The van der Waals surface area contributed by atoms with Crippen LogP contribution in [0.25, 0.3) is 11.0 Å². The summed E-state index contributed by atoms with van der Waals surface area (Å²) in [5, 5.41) is 11.9. The number of amides is 1. The molecule has 0 aliphatic carbocycles. The molecule has 1 aliphatic rings. The van der Waals surface area contributed by atoms with Gasteiger partial charge in [0.05, 0.1) is 35.6 Å². The van der Waals surface area contributed by atoms with Gasteiger partial charge in [0, 0.05) is 23.5 Å². The van der Waals surface area contributed by atoms with Crippen LogP contribution in [-0.4, -0.2) is 56.2 Å². The maximum atomic E-state index is 14.1. The Bertz CT molecular complexity index is 2140. The van der Waals surface area contributed by atoms with Gasteiger partial charge in [-0.15, -0.1) is 5.10 Å². The number of halogens is 1. The second-order valence-corrected chi connectivity index (χ2v) is 15.8. The van der Waals surface area contributed by atoms with E-state index in [1.807, 2.05) is 70.5 Å². The Morgan fingerprint density at radius 3 is 2.55 bits per heavy atom. The lowest BCUT2D eigenvalue weighted by molar-refractivity contribution is -0.124. The average Bonchev–Trinajstić information content (AvgIpc) is 3.46. The van der Waals surface area contributed by atoms with E-state index in [9.17, 15) is 13.2 Å². The molecule has 0 spiro atoms. The molecule has 1 aliphatic heterocycles. The number of nitrogens with zero attached hydrogens (tertiary/aromatic N) is 6. The lowest BCUT2D eigenvalue weighted by atomic mass is 9.69.